The molecule has 0 aliphatic carbocycles. The average molecular weight is 277 g/mol. The molecule has 0 heterocycles. The van der Waals surface area contributed by atoms with Gasteiger partial charge in [-0.1, -0.05) is 11.2 Å². The fourth-order valence-corrected chi connectivity index (χ4v) is 1.48. The third-order valence-electron chi connectivity index (χ3n) is 2.35. The van der Waals surface area contributed by atoms with Gasteiger partial charge in [-0.2, -0.15) is 13.2 Å². The SMILES string of the molecule is CON=C(Cc1ccc(OC)c(OC)c1)C(F)(F)F. The summed E-state index contributed by atoms with van der Waals surface area (Å²) in [7, 11) is 3.93. The van der Waals surface area contributed by atoms with Crippen LogP contribution in [0, 0.1) is 0 Å². The fraction of sp³-hybridized carbons (Fsp3) is 0.417. The zero-order valence-corrected chi connectivity index (χ0v) is 10.7. The number of rotatable bonds is 5. The van der Waals surface area contributed by atoms with Crippen molar-refractivity contribution in [1.82, 2.24) is 0 Å². The van der Waals surface area contributed by atoms with Crippen LogP contribution in [0.2, 0.25) is 0 Å². The normalized spacial score (nSPS) is 12.2. The van der Waals surface area contributed by atoms with Gasteiger partial charge < -0.3 is 14.3 Å². The second-order valence-electron chi connectivity index (χ2n) is 3.58. The fourth-order valence-electron chi connectivity index (χ4n) is 1.48. The van der Waals surface area contributed by atoms with E-state index in [9.17, 15) is 13.2 Å². The van der Waals surface area contributed by atoms with Crippen molar-refractivity contribution in [1.29, 1.82) is 0 Å². The third kappa shape index (κ3) is 4.04. The smallest absolute Gasteiger partial charge is 0.433 e. The van der Waals surface area contributed by atoms with Crippen molar-refractivity contribution in [3.05, 3.63) is 23.8 Å². The van der Waals surface area contributed by atoms with E-state index in [1.165, 1.54) is 32.4 Å². The van der Waals surface area contributed by atoms with Crippen molar-refractivity contribution >= 4 is 5.71 Å². The molecule has 19 heavy (non-hydrogen) atoms. The van der Waals surface area contributed by atoms with Crippen LogP contribution in [0.5, 0.6) is 11.5 Å². The van der Waals surface area contributed by atoms with Gasteiger partial charge in [0.2, 0.25) is 0 Å². The first kappa shape index (κ1) is 15.1. The summed E-state index contributed by atoms with van der Waals surface area (Å²) in [6.45, 7) is 0. The molecule has 0 unspecified atom stereocenters. The molecule has 0 bridgehead atoms. The molecule has 0 saturated carbocycles. The number of hydrogen-bond acceptors (Lipinski definition) is 4. The molecular weight excluding hydrogens is 263 g/mol. The Balaban J connectivity index is 3.01. The Morgan fingerprint density at radius 1 is 1.11 bits per heavy atom. The van der Waals surface area contributed by atoms with Gasteiger partial charge >= 0.3 is 6.18 Å². The molecule has 1 aromatic carbocycles. The molecule has 4 nitrogen and oxygen atoms in total. The number of halogens is 3. The van der Waals surface area contributed by atoms with Gasteiger partial charge in [-0.15, -0.1) is 0 Å². The summed E-state index contributed by atoms with van der Waals surface area (Å²) in [5.74, 6) is 0.808. The van der Waals surface area contributed by atoms with Gasteiger partial charge in [-0.05, 0) is 17.7 Å². The maximum absolute atomic E-state index is 12.7. The minimum atomic E-state index is -4.54. The monoisotopic (exact) mass is 277 g/mol. The van der Waals surface area contributed by atoms with Crippen LogP contribution in [-0.2, 0) is 11.3 Å². The quantitative estimate of drug-likeness (QED) is 0.613. The number of oxime groups is 1. The van der Waals surface area contributed by atoms with Crippen LogP contribution in [0.1, 0.15) is 5.56 Å². The second-order valence-corrected chi connectivity index (χ2v) is 3.58. The van der Waals surface area contributed by atoms with Crippen molar-refractivity contribution in [2.24, 2.45) is 5.16 Å². The van der Waals surface area contributed by atoms with Gasteiger partial charge in [0.05, 0.1) is 14.2 Å². The molecule has 0 N–H and O–H groups in total. The molecule has 7 heteroatoms. The van der Waals surface area contributed by atoms with Crippen LogP contribution < -0.4 is 9.47 Å². The number of nitrogens with zero attached hydrogens (tertiary/aromatic N) is 1. The second kappa shape index (κ2) is 6.31. The van der Waals surface area contributed by atoms with Crippen LogP contribution in [0.15, 0.2) is 23.4 Å². The molecule has 1 aromatic rings. The Labute approximate surface area is 108 Å². The van der Waals surface area contributed by atoms with Gasteiger partial charge in [-0.25, -0.2) is 0 Å². The molecule has 0 aliphatic heterocycles. The van der Waals surface area contributed by atoms with Crippen LogP contribution in [0.3, 0.4) is 0 Å². The molecule has 0 spiro atoms. The lowest BCUT2D eigenvalue weighted by atomic mass is 10.1. The van der Waals surface area contributed by atoms with Gasteiger partial charge in [0, 0.05) is 6.42 Å². The first-order chi connectivity index (χ1) is 8.92. The molecule has 0 atom stereocenters. The van der Waals surface area contributed by atoms with Crippen LogP contribution in [0.4, 0.5) is 13.2 Å². The molecular formula is C12H14F3NO3. The van der Waals surface area contributed by atoms with Crippen LogP contribution in [-0.4, -0.2) is 33.2 Å². The zero-order chi connectivity index (χ0) is 14.5. The van der Waals surface area contributed by atoms with E-state index in [2.05, 4.69) is 9.99 Å². The van der Waals surface area contributed by atoms with Crippen LogP contribution in [0.25, 0.3) is 0 Å². The van der Waals surface area contributed by atoms with Crippen molar-refractivity contribution in [2.45, 2.75) is 12.6 Å². The highest BCUT2D eigenvalue weighted by atomic mass is 19.4. The Hall–Kier alpha value is -1.92. The molecule has 106 valence electrons. The van der Waals surface area contributed by atoms with E-state index in [1.807, 2.05) is 0 Å². The topological polar surface area (TPSA) is 40.0 Å². The number of hydrogen-bond donors (Lipinski definition) is 0. The average Bonchev–Trinajstić information content (AvgIpc) is 2.37. The minimum Gasteiger partial charge on any atom is -0.493 e. The Morgan fingerprint density at radius 2 is 1.74 bits per heavy atom. The lowest BCUT2D eigenvalue weighted by Gasteiger charge is -2.12. The molecule has 0 amide bonds. The van der Waals surface area contributed by atoms with E-state index in [0.717, 1.165) is 7.11 Å². The lowest BCUT2D eigenvalue weighted by molar-refractivity contribution is -0.0629. The summed E-state index contributed by atoms with van der Waals surface area (Å²) in [6.07, 6.45) is -4.94. The lowest BCUT2D eigenvalue weighted by Crippen LogP contribution is -2.25. The number of benzene rings is 1. The van der Waals surface area contributed by atoms with E-state index < -0.39 is 18.3 Å². The molecule has 0 aromatic heterocycles. The Morgan fingerprint density at radius 3 is 2.21 bits per heavy atom. The van der Waals surface area contributed by atoms with Gasteiger partial charge in [0.15, 0.2) is 17.2 Å². The van der Waals surface area contributed by atoms with E-state index >= 15 is 0 Å². The molecule has 0 aliphatic rings. The highest BCUT2D eigenvalue weighted by molar-refractivity contribution is 5.91. The maximum atomic E-state index is 12.7. The number of alkyl halides is 3. The number of methoxy groups -OCH3 is 2. The highest BCUT2D eigenvalue weighted by Gasteiger charge is 2.36. The Kier molecular flexibility index (Phi) is 5.02. The van der Waals surface area contributed by atoms with Gasteiger partial charge in [0.25, 0.3) is 0 Å². The van der Waals surface area contributed by atoms with E-state index in [4.69, 9.17) is 9.47 Å². The summed E-state index contributed by atoms with van der Waals surface area (Å²) in [5, 5.41) is 3.01. The van der Waals surface area contributed by atoms with Crippen LogP contribution >= 0.6 is 0 Å². The van der Waals surface area contributed by atoms with Crippen molar-refractivity contribution in [3.8, 4) is 11.5 Å². The molecule has 0 radical (unpaired) electrons. The molecule has 1 rings (SSSR count). The van der Waals surface area contributed by atoms with E-state index in [1.54, 1.807) is 0 Å². The molecule has 0 fully saturated rings. The zero-order valence-electron chi connectivity index (χ0n) is 10.7. The van der Waals surface area contributed by atoms with Crippen molar-refractivity contribution in [3.63, 3.8) is 0 Å². The number of ether oxygens (including phenoxy) is 2. The van der Waals surface area contributed by atoms with Crippen molar-refractivity contribution in [2.75, 3.05) is 21.3 Å². The summed E-state index contributed by atoms with van der Waals surface area (Å²) >= 11 is 0. The largest absolute Gasteiger partial charge is 0.493 e. The first-order valence-electron chi connectivity index (χ1n) is 5.30. The standard InChI is InChI=1S/C12H14F3NO3/c1-17-9-5-4-8(6-10(9)18-2)7-11(16-19-3)12(13,14)15/h4-6H,7H2,1-3H3. The van der Waals surface area contributed by atoms with E-state index in [-0.39, 0.29) is 0 Å². The highest BCUT2D eigenvalue weighted by Crippen LogP contribution is 2.29. The third-order valence-corrected chi connectivity index (χ3v) is 2.35. The van der Waals surface area contributed by atoms with E-state index in [0.29, 0.717) is 17.1 Å². The predicted molar refractivity (Wildman–Crippen MR) is 63.7 cm³/mol. The van der Waals surface area contributed by atoms with Crippen molar-refractivity contribution < 1.29 is 27.5 Å². The Bertz CT molecular complexity index is 458. The predicted octanol–water partition coefficient (Wildman–Crippen LogP) is 2.81. The summed E-state index contributed by atoms with van der Waals surface area (Å²) in [6, 6.07) is 4.52. The minimum absolute atomic E-state index is 0.360. The summed E-state index contributed by atoms with van der Waals surface area (Å²) in [4.78, 5) is 4.22. The van der Waals surface area contributed by atoms with Gasteiger partial charge in [0.1, 0.15) is 7.11 Å². The summed E-state index contributed by atoms with van der Waals surface area (Å²) in [5.41, 5.74) is -0.618. The van der Waals surface area contributed by atoms with Gasteiger partial charge in [-0.3, -0.25) is 0 Å². The maximum Gasteiger partial charge on any atom is 0.433 e. The summed E-state index contributed by atoms with van der Waals surface area (Å²) < 4.78 is 48.0. The first-order valence-corrected chi connectivity index (χ1v) is 5.30. The molecule has 0 saturated heterocycles.